The number of rotatable bonds is 6. The van der Waals surface area contributed by atoms with Gasteiger partial charge in [0.2, 0.25) is 11.8 Å². The van der Waals surface area contributed by atoms with E-state index < -0.39 is 35.4 Å². The van der Waals surface area contributed by atoms with Crippen molar-refractivity contribution in [2.45, 2.75) is 28.8 Å². The molecule has 3 amide bonds. The van der Waals surface area contributed by atoms with Crippen LogP contribution in [0.25, 0.3) is 0 Å². The van der Waals surface area contributed by atoms with E-state index in [1.165, 1.54) is 23.9 Å². The van der Waals surface area contributed by atoms with Gasteiger partial charge in [-0.1, -0.05) is 47.7 Å². The summed E-state index contributed by atoms with van der Waals surface area (Å²) in [5, 5.41) is 3.42. The van der Waals surface area contributed by atoms with Crippen LogP contribution in [0, 0.1) is 29.6 Å². The fourth-order valence-electron chi connectivity index (χ4n) is 8.13. The van der Waals surface area contributed by atoms with E-state index in [1.807, 2.05) is 36.4 Å². The number of ether oxygens (including phenoxy) is 1. The molecule has 7 atom stereocenters. The van der Waals surface area contributed by atoms with Gasteiger partial charge in [0.25, 0.3) is 5.91 Å². The van der Waals surface area contributed by atoms with Crippen LogP contribution < -0.4 is 19.8 Å². The standard InChI is InChI=1S/C34H26F3N3O5S2/c35-34(36,37)17-7-5-10-19(13-17)40-31(42)26-21-14-22(27(26)32(40)43)28-25(21)24(29-30(46-28)39-33(44)47-29)16-6-4-11-20(12-16)45-15-23(41)38-18-8-2-1-3-9-18/h1-13,21-22,24-28H,14-15H2,(H,38,41)(H,39,44)/t21-,22-,24-,25?,26?,27?,28?/m1/s1. The average molecular weight is 678 g/mol. The maximum Gasteiger partial charge on any atom is 0.416 e. The van der Waals surface area contributed by atoms with Crippen molar-refractivity contribution >= 4 is 52.2 Å². The molecular weight excluding hydrogens is 652 g/mol. The number of imide groups is 1. The van der Waals surface area contributed by atoms with E-state index in [0.29, 0.717) is 17.9 Å². The number of alkyl halides is 3. The van der Waals surface area contributed by atoms with Crippen LogP contribution in [-0.2, 0) is 20.6 Å². The van der Waals surface area contributed by atoms with E-state index in [-0.39, 0.29) is 52.0 Å². The lowest BCUT2D eigenvalue weighted by atomic mass is 9.68. The summed E-state index contributed by atoms with van der Waals surface area (Å²) in [5.41, 5.74) is 0.512. The lowest BCUT2D eigenvalue weighted by Crippen LogP contribution is -2.42. The molecule has 2 aliphatic carbocycles. The van der Waals surface area contributed by atoms with Gasteiger partial charge in [-0.2, -0.15) is 13.2 Å². The number of nitrogens with zero attached hydrogens (tertiary/aromatic N) is 1. The number of amides is 3. The van der Waals surface area contributed by atoms with E-state index in [1.54, 1.807) is 18.2 Å². The highest BCUT2D eigenvalue weighted by molar-refractivity contribution is 8.00. The normalized spacial score (nSPS) is 27.4. The molecule has 2 N–H and O–H groups in total. The molecule has 3 fully saturated rings. The Balaban J connectivity index is 1.10. The van der Waals surface area contributed by atoms with Gasteiger partial charge in [-0.3, -0.25) is 24.1 Å². The van der Waals surface area contributed by atoms with Crippen LogP contribution in [-0.4, -0.2) is 34.6 Å². The zero-order valence-electron chi connectivity index (χ0n) is 24.4. The van der Waals surface area contributed by atoms with Crippen molar-refractivity contribution < 1.29 is 32.3 Å². The van der Waals surface area contributed by atoms with Gasteiger partial charge in [0, 0.05) is 21.7 Å². The Morgan fingerprint density at radius 1 is 0.936 bits per heavy atom. The summed E-state index contributed by atoms with van der Waals surface area (Å²) in [5.74, 6) is -2.89. The third-order valence-electron chi connectivity index (χ3n) is 9.80. The van der Waals surface area contributed by atoms with Gasteiger partial charge in [-0.05, 0) is 72.2 Å². The molecule has 3 aromatic carbocycles. The molecule has 3 heterocycles. The molecule has 240 valence electrons. The minimum atomic E-state index is -4.62. The van der Waals surface area contributed by atoms with Crippen LogP contribution in [0.2, 0.25) is 0 Å². The Labute approximate surface area is 274 Å². The van der Waals surface area contributed by atoms with E-state index in [0.717, 1.165) is 43.8 Å². The predicted octanol–water partition coefficient (Wildman–Crippen LogP) is 6.15. The Kier molecular flexibility index (Phi) is 7.10. The highest BCUT2D eigenvalue weighted by Gasteiger charge is 2.69. The first-order chi connectivity index (χ1) is 22.6. The number of hydrogen-bond donors (Lipinski definition) is 2. The summed E-state index contributed by atoms with van der Waals surface area (Å²) in [7, 11) is 0. The third kappa shape index (κ3) is 4.98. The summed E-state index contributed by atoms with van der Waals surface area (Å²) in [6, 6.07) is 20.7. The summed E-state index contributed by atoms with van der Waals surface area (Å²) >= 11 is 2.64. The zero-order chi connectivity index (χ0) is 32.6. The summed E-state index contributed by atoms with van der Waals surface area (Å²) in [6.07, 6.45) is -3.98. The lowest BCUT2D eigenvalue weighted by molar-refractivity contribution is -0.137. The number of thioether (sulfide) groups is 1. The summed E-state index contributed by atoms with van der Waals surface area (Å²) in [4.78, 5) is 57.5. The maximum atomic E-state index is 14.0. The van der Waals surface area contributed by atoms with E-state index in [4.69, 9.17) is 4.74 Å². The lowest BCUT2D eigenvalue weighted by Gasteiger charge is -2.43. The van der Waals surface area contributed by atoms with Gasteiger partial charge in [-0.25, -0.2) is 0 Å². The molecule has 0 radical (unpaired) electrons. The monoisotopic (exact) mass is 677 g/mol. The van der Waals surface area contributed by atoms with Gasteiger partial charge >= 0.3 is 11.0 Å². The molecule has 0 spiro atoms. The number of anilines is 2. The van der Waals surface area contributed by atoms with Crippen molar-refractivity contribution in [1.82, 2.24) is 4.98 Å². The number of carbonyl (C=O) groups excluding carboxylic acids is 3. The van der Waals surface area contributed by atoms with Crippen LogP contribution in [0.4, 0.5) is 24.5 Å². The van der Waals surface area contributed by atoms with E-state index in [9.17, 15) is 32.3 Å². The van der Waals surface area contributed by atoms with Crippen molar-refractivity contribution in [2.75, 3.05) is 16.8 Å². The summed E-state index contributed by atoms with van der Waals surface area (Å²) in [6.45, 7) is -0.218. The smallest absolute Gasteiger partial charge is 0.416 e. The average Bonchev–Trinajstić information content (AvgIpc) is 3.79. The Morgan fingerprint density at radius 3 is 2.45 bits per heavy atom. The number of halogens is 3. The molecule has 8 nitrogen and oxygen atoms in total. The van der Waals surface area contributed by atoms with Crippen LogP contribution >= 0.6 is 23.1 Å². The second kappa shape index (κ2) is 11.1. The molecule has 13 heteroatoms. The van der Waals surface area contributed by atoms with Gasteiger partial charge in [-0.15, -0.1) is 11.8 Å². The third-order valence-corrected chi connectivity index (χ3v) is 12.4. The number of nitrogens with one attached hydrogen (secondary N) is 2. The molecule has 4 aliphatic rings. The zero-order valence-corrected chi connectivity index (χ0v) is 26.0. The van der Waals surface area contributed by atoms with Crippen molar-refractivity contribution in [3.8, 4) is 5.75 Å². The fraction of sp³-hybridized carbons (Fsp3) is 0.294. The largest absolute Gasteiger partial charge is 0.484 e. The first-order valence-corrected chi connectivity index (χ1v) is 16.8. The minimum Gasteiger partial charge on any atom is -0.484 e. The Bertz CT molecular complexity index is 1980. The van der Waals surface area contributed by atoms with E-state index in [2.05, 4.69) is 10.3 Å². The number of fused-ring (bicyclic) bond motifs is 9. The minimum absolute atomic E-state index is 0.0691. The molecular formula is C34H26F3N3O5S2. The fourth-order valence-corrected chi connectivity index (χ4v) is 11.0. The number of benzene rings is 3. The number of aromatic amines is 1. The van der Waals surface area contributed by atoms with Gasteiger partial charge in [0.15, 0.2) is 6.61 Å². The second-order valence-corrected chi connectivity index (χ2v) is 14.5. The van der Waals surface area contributed by atoms with Crippen molar-refractivity contribution in [1.29, 1.82) is 0 Å². The molecule has 2 bridgehead atoms. The van der Waals surface area contributed by atoms with Crippen LogP contribution in [0.1, 0.15) is 28.3 Å². The van der Waals surface area contributed by atoms with Crippen molar-refractivity contribution in [3.63, 3.8) is 0 Å². The molecule has 2 aliphatic heterocycles. The highest BCUT2D eigenvalue weighted by Crippen LogP contribution is 2.68. The summed E-state index contributed by atoms with van der Waals surface area (Å²) < 4.78 is 46.4. The number of aromatic nitrogens is 1. The SMILES string of the molecule is O=C(COc1cccc([C@H]2c3sc(=O)[nH]c3SC3C2[C@H]2C[C@@H]3C3C(=O)N(c4cccc(C(F)(F)F)c4)C(=O)C32)c1)Nc1ccccc1. The number of thiazole rings is 1. The molecule has 4 unspecified atom stereocenters. The van der Waals surface area contributed by atoms with Gasteiger partial charge in [0.05, 0.1) is 28.1 Å². The topological polar surface area (TPSA) is 109 Å². The molecule has 47 heavy (non-hydrogen) atoms. The number of hydrogen-bond acceptors (Lipinski definition) is 7. The molecule has 2 saturated carbocycles. The van der Waals surface area contributed by atoms with E-state index >= 15 is 0 Å². The first-order valence-electron chi connectivity index (χ1n) is 15.1. The quantitative estimate of drug-likeness (QED) is 0.237. The predicted molar refractivity (Wildman–Crippen MR) is 169 cm³/mol. The van der Waals surface area contributed by atoms with Crippen LogP contribution in [0.15, 0.2) is 88.7 Å². The number of carbonyl (C=O) groups is 3. The first kappa shape index (κ1) is 30.0. The second-order valence-electron chi connectivity index (χ2n) is 12.3. The Hall–Kier alpha value is -4.36. The highest BCUT2D eigenvalue weighted by atomic mass is 32.2. The van der Waals surface area contributed by atoms with Crippen molar-refractivity contribution in [2.24, 2.45) is 29.6 Å². The van der Waals surface area contributed by atoms with Crippen molar-refractivity contribution in [3.05, 3.63) is 105 Å². The van der Waals surface area contributed by atoms with Gasteiger partial charge < -0.3 is 15.0 Å². The maximum absolute atomic E-state index is 14.0. The molecule has 4 aromatic rings. The molecule has 1 saturated heterocycles. The Morgan fingerprint density at radius 2 is 1.68 bits per heavy atom. The number of para-hydroxylation sites is 1. The van der Waals surface area contributed by atoms with Crippen LogP contribution in [0.3, 0.4) is 0 Å². The van der Waals surface area contributed by atoms with Crippen LogP contribution in [0.5, 0.6) is 5.75 Å². The molecule has 8 rings (SSSR count). The van der Waals surface area contributed by atoms with Gasteiger partial charge in [0.1, 0.15) is 5.75 Å². The number of H-pyrrole nitrogens is 1. The molecule has 1 aromatic heterocycles.